The van der Waals surface area contributed by atoms with Crippen LogP contribution in [0.2, 0.25) is 0 Å². The maximum atomic E-state index is 5.46. The highest BCUT2D eigenvalue weighted by atomic mass is 16.7. The average molecular weight is 293 g/mol. The molecule has 121 valence electrons. The Bertz CT molecular complexity index is 179. The van der Waals surface area contributed by atoms with Gasteiger partial charge in [0.2, 0.25) is 0 Å². The molecule has 1 atom stereocenters. The average Bonchev–Trinajstić information content (AvgIpc) is 2.45. The van der Waals surface area contributed by atoms with Crippen molar-refractivity contribution in [1.82, 2.24) is 0 Å². The normalized spacial score (nSPS) is 12.8. The minimum atomic E-state index is -0.0931. The minimum Gasteiger partial charge on any atom is -0.382 e. The summed E-state index contributed by atoms with van der Waals surface area (Å²) >= 11 is 0. The lowest BCUT2D eigenvalue weighted by molar-refractivity contribution is -0.0768. The van der Waals surface area contributed by atoms with E-state index in [0.717, 1.165) is 6.42 Å². The van der Waals surface area contributed by atoms with Gasteiger partial charge in [-0.15, -0.1) is 0 Å². The van der Waals surface area contributed by atoms with E-state index in [2.05, 4.69) is 6.92 Å². The molecule has 0 spiro atoms. The highest BCUT2D eigenvalue weighted by Gasteiger charge is 2.02. The van der Waals surface area contributed by atoms with Gasteiger partial charge < -0.3 is 28.4 Å². The zero-order valence-corrected chi connectivity index (χ0v) is 12.8. The summed E-state index contributed by atoms with van der Waals surface area (Å²) in [6.07, 6.45) is 0.636. The Hall–Kier alpha value is -0.240. The van der Waals surface area contributed by atoms with Crippen LogP contribution in [-0.4, -0.2) is 72.9 Å². The van der Waals surface area contributed by atoms with E-state index in [-0.39, 0.29) is 12.9 Å². The number of hydrogen-bond acceptors (Lipinski definition) is 6. The van der Waals surface area contributed by atoms with Gasteiger partial charge in [-0.25, -0.2) is 0 Å². The van der Waals surface area contributed by atoms with Gasteiger partial charge in [-0.1, -0.05) is 0 Å². The molecule has 1 unspecified atom stereocenters. The van der Waals surface area contributed by atoms with E-state index in [1.165, 1.54) is 0 Å². The summed E-state index contributed by atoms with van der Waals surface area (Å²) < 4.78 is 31.2. The molecule has 0 heterocycles. The summed E-state index contributed by atoms with van der Waals surface area (Å²) in [6, 6.07) is 0. The van der Waals surface area contributed by atoms with Crippen LogP contribution in [0.3, 0.4) is 0 Å². The van der Waals surface area contributed by atoms with Gasteiger partial charge in [0.15, 0.2) is 0 Å². The van der Waals surface area contributed by atoms with E-state index in [1.54, 1.807) is 7.11 Å². The molecule has 6 nitrogen and oxygen atoms in total. The smallest absolute Gasteiger partial charge is 0.146 e. The molecule has 0 aliphatic carbocycles. The summed E-state index contributed by atoms with van der Waals surface area (Å²) in [5.74, 6) is 0. The van der Waals surface area contributed by atoms with Crippen molar-refractivity contribution in [2.45, 2.75) is 19.4 Å². The molecular formula is C14H29O6. The van der Waals surface area contributed by atoms with Crippen molar-refractivity contribution in [3.8, 4) is 0 Å². The lowest BCUT2D eigenvalue weighted by Crippen LogP contribution is -2.17. The molecular weight excluding hydrogens is 264 g/mol. The highest BCUT2D eigenvalue weighted by Crippen LogP contribution is 1.97. The summed E-state index contributed by atoms with van der Waals surface area (Å²) in [6.45, 7) is 10.8. The van der Waals surface area contributed by atoms with Crippen LogP contribution < -0.4 is 0 Å². The maximum absolute atomic E-state index is 5.46. The first-order valence-corrected chi connectivity index (χ1v) is 7.05. The first kappa shape index (κ1) is 19.8. The van der Waals surface area contributed by atoms with Gasteiger partial charge >= 0.3 is 0 Å². The van der Waals surface area contributed by atoms with Crippen LogP contribution >= 0.6 is 0 Å². The molecule has 20 heavy (non-hydrogen) atoms. The molecule has 0 saturated carbocycles. The molecule has 6 heteroatoms. The predicted octanol–water partition coefficient (Wildman–Crippen LogP) is 1.29. The van der Waals surface area contributed by atoms with Crippen LogP contribution in [-0.2, 0) is 28.4 Å². The molecule has 0 amide bonds. The molecule has 0 fully saturated rings. The van der Waals surface area contributed by atoms with Crippen molar-refractivity contribution in [2.75, 3.05) is 66.8 Å². The summed E-state index contributed by atoms with van der Waals surface area (Å²) in [5, 5.41) is 0. The second-order valence-electron chi connectivity index (χ2n) is 4.02. The Morgan fingerprint density at radius 3 is 2.20 bits per heavy atom. The SMILES string of the molecule is [CH2]C(CCOCOCCOCC)OCCOCCOC. The first-order chi connectivity index (χ1) is 9.81. The quantitative estimate of drug-likeness (QED) is 0.316. The molecule has 0 aromatic carbocycles. The number of rotatable bonds is 16. The Balaban J connectivity index is 3.10. The van der Waals surface area contributed by atoms with E-state index < -0.39 is 0 Å². The van der Waals surface area contributed by atoms with Gasteiger partial charge in [0, 0.05) is 13.7 Å². The second-order valence-corrected chi connectivity index (χ2v) is 4.02. The van der Waals surface area contributed by atoms with Crippen molar-refractivity contribution in [3.05, 3.63) is 6.92 Å². The summed E-state index contributed by atoms with van der Waals surface area (Å²) in [4.78, 5) is 0. The topological polar surface area (TPSA) is 55.4 Å². The molecule has 0 N–H and O–H groups in total. The van der Waals surface area contributed by atoms with Gasteiger partial charge in [0.1, 0.15) is 6.79 Å². The fraction of sp³-hybridized carbons (Fsp3) is 0.929. The van der Waals surface area contributed by atoms with Crippen LogP contribution in [0.5, 0.6) is 0 Å². The monoisotopic (exact) mass is 293 g/mol. The molecule has 0 bridgehead atoms. The van der Waals surface area contributed by atoms with Crippen molar-refractivity contribution in [2.24, 2.45) is 0 Å². The van der Waals surface area contributed by atoms with Crippen molar-refractivity contribution in [3.63, 3.8) is 0 Å². The van der Waals surface area contributed by atoms with E-state index in [0.29, 0.717) is 52.9 Å². The molecule has 0 rings (SSSR count). The summed E-state index contributed by atoms with van der Waals surface area (Å²) in [5.41, 5.74) is 0. The van der Waals surface area contributed by atoms with Crippen molar-refractivity contribution >= 4 is 0 Å². The third-order valence-electron chi connectivity index (χ3n) is 2.34. The third-order valence-corrected chi connectivity index (χ3v) is 2.34. The van der Waals surface area contributed by atoms with Crippen LogP contribution in [0.4, 0.5) is 0 Å². The Morgan fingerprint density at radius 2 is 1.45 bits per heavy atom. The van der Waals surface area contributed by atoms with Crippen LogP contribution in [0.25, 0.3) is 0 Å². The van der Waals surface area contributed by atoms with E-state index in [9.17, 15) is 0 Å². The number of hydrogen-bond donors (Lipinski definition) is 0. The highest BCUT2D eigenvalue weighted by molar-refractivity contribution is 4.58. The van der Waals surface area contributed by atoms with Gasteiger partial charge in [-0.05, 0) is 20.3 Å². The van der Waals surface area contributed by atoms with Crippen LogP contribution in [0.1, 0.15) is 13.3 Å². The Kier molecular flexibility index (Phi) is 16.6. The lowest BCUT2D eigenvalue weighted by Gasteiger charge is -2.13. The minimum absolute atomic E-state index is 0.0931. The standard InChI is InChI=1S/C14H29O6/c1-4-16-9-10-19-13-18-6-5-14(2)20-12-11-17-8-7-15-3/h14H,2,4-13H2,1,3H3. The fourth-order valence-corrected chi connectivity index (χ4v) is 1.26. The maximum Gasteiger partial charge on any atom is 0.146 e. The van der Waals surface area contributed by atoms with E-state index >= 15 is 0 Å². The number of methoxy groups -OCH3 is 1. The Labute approximate surface area is 122 Å². The van der Waals surface area contributed by atoms with Crippen LogP contribution in [0, 0.1) is 6.92 Å². The molecule has 0 aromatic rings. The molecule has 0 aromatic heterocycles. The lowest BCUT2D eigenvalue weighted by atomic mass is 10.3. The first-order valence-electron chi connectivity index (χ1n) is 7.05. The van der Waals surface area contributed by atoms with Crippen LogP contribution in [0.15, 0.2) is 0 Å². The predicted molar refractivity (Wildman–Crippen MR) is 75.7 cm³/mol. The van der Waals surface area contributed by atoms with Crippen molar-refractivity contribution < 1.29 is 28.4 Å². The molecule has 1 radical (unpaired) electrons. The second kappa shape index (κ2) is 16.8. The summed E-state index contributed by atoms with van der Waals surface area (Å²) in [7, 11) is 1.65. The third kappa shape index (κ3) is 15.8. The van der Waals surface area contributed by atoms with Gasteiger partial charge in [0.25, 0.3) is 0 Å². The zero-order chi connectivity index (χ0) is 14.9. The largest absolute Gasteiger partial charge is 0.382 e. The van der Waals surface area contributed by atoms with Gasteiger partial charge in [0.05, 0.1) is 52.4 Å². The van der Waals surface area contributed by atoms with Gasteiger partial charge in [-0.2, -0.15) is 0 Å². The van der Waals surface area contributed by atoms with Gasteiger partial charge in [-0.3, -0.25) is 0 Å². The van der Waals surface area contributed by atoms with Crippen molar-refractivity contribution in [1.29, 1.82) is 0 Å². The zero-order valence-electron chi connectivity index (χ0n) is 12.8. The Morgan fingerprint density at radius 1 is 0.800 bits per heavy atom. The van der Waals surface area contributed by atoms with E-state index in [1.807, 2.05) is 6.92 Å². The molecule has 0 saturated heterocycles. The molecule has 0 aliphatic heterocycles. The number of ether oxygens (including phenoxy) is 6. The van der Waals surface area contributed by atoms with E-state index in [4.69, 9.17) is 28.4 Å². The fourth-order valence-electron chi connectivity index (χ4n) is 1.26. The molecule has 0 aliphatic rings.